The summed E-state index contributed by atoms with van der Waals surface area (Å²) >= 11 is 0. The largest absolute Gasteiger partial charge is 0.458 e. The molecule has 410 valence electrons. The number of rotatable bonds is 22. The number of aliphatic hydroxyl groups is 1. The zero-order valence-corrected chi connectivity index (χ0v) is 43.0. The standard InChI is InChI=1S/C55H59FN8O14/c1-3-55(75)35-21-40-50-33(25-64(40)53(73)34(35)26-77-54(55)74)49-37(15-13-31-29(2)36(56)22-38(61-50)48(31)49)62-51(71)32-14-16-41(32)78-28-59-43(66)23-58-52(72)39(20-30-10-6-4-7-11-30)60-44(67)27-76-47(70)24-57-42(65)12-8-5-9-19-63-45(68)17-18-46(63)69/h4,6-7,10-11,17-18,21-22,32,37,39,41,75H,3,5,8-9,12-16,19-20,23-28H2,1-2H3,(H,57,65)(H,58,72)(H,59,66)(H,60,67)(H,62,71)/t32?,37-,39-,41?,55-/m0/s1. The van der Waals surface area contributed by atoms with Crippen molar-refractivity contribution in [2.24, 2.45) is 5.92 Å². The third-order valence-electron chi connectivity index (χ3n) is 15.1. The number of aryl methyl sites for hydroxylation is 1. The maximum Gasteiger partial charge on any atom is 0.343 e. The second-order valence-electron chi connectivity index (χ2n) is 20.0. The van der Waals surface area contributed by atoms with E-state index in [0.29, 0.717) is 89.5 Å². The maximum absolute atomic E-state index is 15.5. The minimum Gasteiger partial charge on any atom is -0.458 e. The molecule has 78 heavy (non-hydrogen) atoms. The van der Waals surface area contributed by atoms with Crippen molar-refractivity contribution in [2.45, 2.75) is 115 Å². The highest BCUT2D eigenvalue weighted by Crippen LogP contribution is 2.46. The van der Waals surface area contributed by atoms with Crippen LogP contribution in [0.15, 0.2) is 59.4 Å². The van der Waals surface area contributed by atoms with Crippen LogP contribution in [0.25, 0.3) is 22.3 Å². The van der Waals surface area contributed by atoms with E-state index in [-0.39, 0.29) is 74.5 Å². The van der Waals surface area contributed by atoms with E-state index in [1.165, 1.54) is 22.8 Å². The van der Waals surface area contributed by atoms with Gasteiger partial charge in [-0.3, -0.25) is 48.1 Å². The fourth-order valence-electron chi connectivity index (χ4n) is 10.7. The van der Waals surface area contributed by atoms with Gasteiger partial charge in [0, 0.05) is 54.1 Å². The minimum atomic E-state index is -2.04. The highest BCUT2D eigenvalue weighted by atomic mass is 19.1. The molecule has 0 bridgehead atoms. The molecule has 2 unspecified atom stereocenters. The molecule has 22 nitrogen and oxygen atoms in total. The summed E-state index contributed by atoms with van der Waals surface area (Å²) in [7, 11) is 0. The van der Waals surface area contributed by atoms with E-state index >= 15 is 4.39 Å². The molecule has 4 aromatic rings. The number of cyclic esters (lactones) is 1. The number of pyridine rings is 2. The first-order chi connectivity index (χ1) is 37.4. The van der Waals surface area contributed by atoms with Gasteiger partial charge in [0.2, 0.25) is 23.6 Å². The van der Waals surface area contributed by atoms with Gasteiger partial charge in [-0.05, 0) is 80.2 Å². The van der Waals surface area contributed by atoms with Crippen LogP contribution < -0.4 is 32.1 Å². The van der Waals surface area contributed by atoms with Gasteiger partial charge in [0.05, 0.1) is 53.6 Å². The molecule has 5 atom stereocenters. The number of fused-ring (bicyclic) bond motifs is 5. The first-order valence-corrected chi connectivity index (χ1v) is 26.0. The van der Waals surface area contributed by atoms with E-state index in [0.717, 1.165) is 10.5 Å². The molecule has 23 heteroatoms. The first-order valence-electron chi connectivity index (χ1n) is 26.0. The molecule has 0 radical (unpaired) electrons. The lowest BCUT2D eigenvalue weighted by Crippen LogP contribution is -2.51. The van der Waals surface area contributed by atoms with Crippen molar-refractivity contribution in [1.82, 2.24) is 41.0 Å². The summed E-state index contributed by atoms with van der Waals surface area (Å²) in [5.41, 5.74) is 2.14. The molecule has 1 saturated carbocycles. The maximum atomic E-state index is 15.5. The van der Waals surface area contributed by atoms with E-state index in [9.17, 15) is 53.1 Å². The average molecular weight is 1080 g/mol. The Morgan fingerprint density at radius 3 is 2.40 bits per heavy atom. The second kappa shape index (κ2) is 23.2. The van der Waals surface area contributed by atoms with Gasteiger partial charge in [0.1, 0.15) is 31.7 Å². The van der Waals surface area contributed by atoms with Crippen LogP contribution in [0, 0.1) is 18.7 Å². The number of halogens is 1. The van der Waals surface area contributed by atoms with Crippen molar-refractivity contribution in [3.05, 3.63) is 110 Å². The predicted molar refractivity (Wildman–Crippen MR) is 272 cm³/mol. The van der Waals surface area contributed by atoms with Crippen LogP contribution in [0.5, 0.6) is 0 Å². The number of carbonyl (C=O) groups is 9. The summed E-state index contributed by atoms with van der Waals surface area (Å²) in [6.45, 7) is 1.26. The van der Waals surface area contributed by atoms with Crippen LogP contribution in [0.2, 0.25) is 0 Å². The van der Waals surface area contributed by atoms with Crippen molar-refractivity contribution in [2.75, 3.05) is 33.0 Å². The van der Waals surface area contributed by atoms with Crippen molar-refractivity contribution < 1.29 is 66.9 Å². The predicted octanol–water partition coefficient (Wildman–Crippen LogP) is 1.49. The Morgan fingerprint density at radius 1 is 0.897 bits per heavy atom. The smallest absolute Gasteiger partial charge is 0.343 e. The summed E-state index contributed by atoms with van der Waals surface area (Å²) < 4.78 is 33.2. The topological polar surface area (TPSA) is 300 Å². The molecule has 5 heterocycles. The normalized spacial score (nSPS) is 19.9. The van der Waals surface area contributed by atoms with E-state index < -0.39 is 96.3 Å². The Bertz CT molecular complexity index is 3220. The fraction of sp³-hybridized carbons (Fsp3) is 0.436. The monoisotopic (exact) mass is 1070 g/mol. The number of amides is 7. The zero-order valence-electron chi connectivity index (χ0n) is 43.0. The third kappa shape index (κ3) is 11.3. The number of nitrogens with one attached hydrogen (secondary N) is 5. The molecule has 7 amide bonds. The first kappa shape index (κ1) is 54.6. The van der Waals surface area contributed by atoms with Gasteiger partial charge in [0.15, 0.2) is 12.2 Å². The number of aromatic nitrogens is 2. The van der Waals surface area contributed by atoms with E-state index in [1.54, 1.807) is 50.2 Å². The number of hydrogen-bond donors (Lipinski definition) is 6. The van der Waals surface area contributed by atoms with Gasteiger partial charge in [-0.15, -0.1) is 0 Å². The lowest BCUT2D eigenvalue weighted by molar-refractivity contribution is -0.172. The lowest BCUT2D eigenvalue weighted by atomic mass is 9.79. The molecular formula is C55H59FN8O14. The molecule has 1 fully saturated rings. The molecule has 5 aliphatic rings. The van der Waals surface area contributed by atoms with E-state index in [2.05, 4.69) is 26.6 Å². The second-order valence-corrected chi connectivity index (χ2v) is 20.0. The molecule has 2 aromatic carbocycles. The summed E-state index contributed by atoms with van der Waals surface area (Å²) in [6.07, 6.45) is 5.29. The van der Waals surface area contributed by atoms with Crippen molar-refractivity contribution >= 4 is 64.2 Å². The zero-order chi connectivity index (χ0) is 55.4. The van der Waals surface area contributed by atoms with Gasteiger partial charge >= 0.3 is 11.9 Å². The van der Waals surface area contributed by atoms with Gasteiger partial charge in [-0.2, -0.15) is 0 Å². The van der Waals surface area contributed by atoms with Gasteiger partial charge < -0.3 is 50.5 Å². The number of esters is 2. The lowest BCUT2D eigenvalue weighted by Gasteiger charge is -2.37. The highest BCUT2D eigenvalue weighted by molar-refractivity contribution is 6.12. The number of imide groups is 1. The van der Waals surface area contributed by atoms with Crippen molar-refractivity contribution in [1.29, 1.82) is 0 Å². The summed E-state index contributed by atoms with van der Waals surface area (Å²) in [5, 5.41) is 25.3. The Morgan fingerprint density at radius 2 is 1.67 bits per heavy atom. The number of unbranched alkanes of at least 4 members (excludes halogenated alkanes) is 2. The molecular weight excluding hydrogens is 1020 g/mol. The van der Waals surface area contributed by atoms with Crippen molar-refractivity contribution in [3.8, 4) is 11.4 Å². The number of ether oxygens (including phenoxy) is 3. The van der Waals surface area contributed by atoms with E-state index in [1.807, 2.05) is 0 Å². The van der Waals surface area contributed by atoms with Crippen LogP contribution in [0.4, 0.5) is 4.39 Å². The summed E-state index contributed by atoms with van der Waals surface area (Å²) in [5.74, 6) is -6.43. The Balaban J connectivity index is 0.751. The van der Waals surface area contributed by atoms with Crippen LogP contribution in [0.1, 0.15) is 103 Å². The number of nitrogens with zero attached hydrogens (tertiary/aromatic N) is 3. The quantitative estimate of drug-likeness (QED) is 0.0248. The van der Waals surface area contributed by atoms with Crippen molar-refractivity contribution in [3.63, 3.8) is 0 Å². The van der Waals surface area contributed by atoms with Crippen LogP contribution >= 0.6 is 0 Å². The number of benzene rings is 2. The summed E-state index contributed by atoms with van der Waals surface area (Å²) in [6, 6.07) is 9.93. The number of carbonyl (C=O) groups excluding carboxylic acids is 9. The SMILES string of the molecule is CC[C@@]1(O)C(=O)OCc2c1cc1n(c2=O)Cc2c-1nc1cc(F)c(C)c3c1c2[C@@H](NC(=O)C1CCC1OCNC(=O)CNC(=O)[C@H](Cc1ccccc1)NC(=O)COC(=O)CNC(=O)CCCCCN1C(=O)C=CC1=O)CC3. The Hall–Kier alpha value is -8.18. The van der Waals surface area contributed by atoms with Crippen LogP contribution in [0.3, 0.4) is 0 Å². The van der Waals surface area contributed by atoms with Gasteiger partial charge in [-0.25, -0.2) is 14.2 Å². The van der Waals surface area contributed by atoms with E-state index in [4.69, 9.17) is 19.2 Å². The molecule has 0 saturated heterocycles. The van der Waals surface area contributed by atoms with Crippen LogP contribution in [-0.4, -0.2) is 118 Å². The molecule has 3 aliphatic heterocycles. The highest BCUT2D eigenvalue weighted by Gasteiger charge is 2.46. The molecule has 9 rings (SSSR count). The molecule has 2 aromatic heterocycles. The fourth-order valence-corrected chi connectivity index (χ4v) is 10.7. The average Bonchev–Trinajstić information content (AvgIpc) is 3.97. The minimum absolute atomic E-state index is 0.0263. The Kier molecular flexibility index (Phi) is 16.2. The number of hydrogen-bond acceptors (Lipinski definition) is 15. The van der Waals surface area contributed by atoms with Crippen LogP contribution in [-0.2, 0) is 89.0 Å². The molecule has 2 aliphatic carbocycles. The molecule has 6 N–H and O–H groups in total. The van der Waals surface area contributed by atoms with Gasteiger partial charge in [0.25, 0.3) is 23.3 Å². The summed E-state index contributed by atoms with van der Waals surface area (Å²) in [4.78, 5) is 134. The third-order valence-corrected chi connectivity index (χ3v) is 15.1. The van der Waals surface area contributed by atoms with Gasteiger partial charge in [-0.1, -0.05) is 43.7 Å². The Labute approximate surface area is 445 Å². The molecule has 0 spiro atoms.